The summed E-state index contributed by atoms with van der Waals surface area (Å²) in [6.45, 7) is 1.19. The number of amides is 1. The third-order valence-corrected chi connectivity index (χ3v) is 5.55. The summed E-state index contributed by atoms with van der Waals surface area (Å²) in [7, 11) is 0. The molecule has 2 aromatic heterocycles. The molecule has 29 heavy (non-hydrogen) atoms. The highest BCUT2D eigenvalue weighted by Gasteiger charge is 2.27. The summed E-state index contributed by atoms with van der Waals surface area (Å²) in [5.41, 5.74) is 1.42. The van der Waals surface area contributed by atoms with Crippen molar-refractivity contribution in [1.82, 2.24) is 19.7 Å². The van der Waals surface area contributed by atoms with E-state index in [9.17, 15) is 9.59 Å². The van der Waals surface area contributed by atoms with E-state index in [-0.39, 0.29) is 23.9 Å². The molecule has 146 valence electrons. The second-order valence-electron chi connectivity index (χ2n) is 7.37. The topological polar surface area (TPSA) is 81.2 Å². The minimum Gasteiger partial charge on any atom is -0.440 e. The molecule has 1 fully saturated rings. The van der Waals surface area contributed by atoms with Gasteiger partial charge in [-0.05, 0) is 31.0 Å². The van der Waals surface area contributed by atoms with Crippen molar-refractivity contribution in [3.05, 3.63) is 71.0 Å². The summed E-state index contributed by atoms with van der Waals surface area (Å²) in [6, 6.07) is 15.0. The molecule has 1 amide bonds. The van der Waals surface area contributed by atoms with Gasteiger partial charge in [-0.1, -0.05) is 30.3 Å². The van der Waals surface area contributed by atoms with E-state index in [2.05, 4.69) is 10.1 Å². The molecule has 0 radical (unpaired) electrons. The first kappa shape index (κ1) is 17.6. The molecule has 3 heterocycles. The van der Waals surface area contributed by atoms with Gasteiger partial charge >= 0.3 is 0 Å². The number of carbonyl (C=O) groups excluding carboxylic acids is 1. The SMILES string of the molecule is O=C(Cn1ncc2ccccc2c1=O)N1CCC(c2nc3ccccc3o2)CC1. The number of hydrogen-bond donors (Lipinski definition) is 0. The maximum Gasteiger partial charge on any atom is 0.275 e. The van der Waals surface area contributed by atoms with Crippen LogP contribution in [0.2, 0.25) is 0 Å². The van der Waals surface area contributed by atoms with Crippen LogP contribution in [0.15, 0.2) is 63.9 Å². The molecular weight excluding hydrogens is 368 g/mol. The summed E-state index contributed by atoms with van der Waals surface area (Å²) in [4.78, 5) is 31.7. The van der Waals surface area contributed by atoms with Gasteiger partial charge in [0.2, 0.25) is 5.91 Å². The van der Waals surface area contributed by atoms with Crippen molar-refractivity contribution < 1.29 is 9.21 Å². The van der Waals surface area contributed by atoms with E-state index in [0.717, 1.165) is 35.2 Å². The van der Waals surface area contributed by atoms with Gasteiger partial charge in [0, 0.05) is 24.4 Å². The lowest BCUT2D eigenvalue weighted by Crippen LogP contribution is -2.41. The van der Waals surface area contributed by atoms with Crippen LogP contribution in [-0.4, -0.2) is 38.7 Å². The molecule has 1 saturated heterocycles. The zero-order valence-electron chi connectivity index (χ0n) is 15.8. The Morgan fingerprint density at radius 2 is 1.83 bits per heavy atom. The van der Waals surface area contributed by atoms with E-state index in [1.165, 1.54) is 4.68 Å². The number of benzene rings is 2. The van der Waals surface area contributed by atoms with Crippen LogP contribution in [0.1, 0.15) is 24.7 Å². The van der Waals surface area contributed by atoms with Crippen molar-refractivity contribution in [3.8, 4) is 0 Å². The molecule has 0 spiro atoms. The molecule has 0 saturated carbocycles. The molecule has 7 heteroatoms. The number of carbonyl (C=O) groups is 1. The van der Waals surface area contributed by atoms with Crippen LogP contribution >= 0.6 is 0 Å². The normalized spacial score (nSPS) is 15.2. The molecule has 4 aromatic rings. The second-order valence-corrected chi connectivity index (χ2v) is 7.37. The van der Waals surface area contributed by atoms with Crippen molar-refractivity contribution in [2.45, 2.75) is 25.3 Å². The van der Waals surface area contributed by atoms with Crippen LogP contribution in [0, 0.1) is 0 Å². The fourth-order valence-electron chi connectivity index (χ4n) is 3.91. The number of piperidine rings is 1. The summed E-state index contributed by atoms with van der Waals surface area (Å²) >= 11 is 0. The number of fused-ring (bicyclic) bond motifs is 2. The van der Waals surface area contributed by atoms with Crippen LogP contribution in [0.4, 0.5) is 0 Å². The predicted molar refractivity (Wildman–Crippen MR) is 109 cm³/mol. The quantitative estimate of drug-likeness (QED) is 0.539. The molecule has 2 aromatic carbocycles. The molecule has 0 aliphatic carbocycles. The number of para-hydroxylation sites is 2. The van der Waals surface area contributed by atoms with Crippen LogP contribution in [-0.2, 0) is 11.3 Å². The average molecular weight is 388 g/mol. The van der Waals surface area contributed by atoms with Gasteiger partial charge in [-0.25, -0.2) is 9.67 Å². The largest absolute Gasteiger partial charge is 0.440 e. The van der Waals surface area contributed by atoms with Crippen molar-refractivity contribution in [2.75, 3.05) is 13.1 Å². The van der Waals surface area contributed by atoms with Crippen molar-refractivity contribution in [3.63, 3.8) is 0 Å². The molecule has 7 nitrogen and oxygen atoms in total. The standard InChI is InChI=1S/C22H20N4O3/c27-20(14-26-22(28)17-6-2-1-5-16(17)13-23-26)25-11-9-15(10-12-25)21-24-18-7-3-4-8-19(18)29-21/h1-8,13,15H,9-12,14H2. The van der Waals surface area contributed by atoms with Crippen LogP contribution in [0.25, 0.3) is 21.9 Å². The number of likely N-dealkylation sites (tertiary alicyclic amines) is 1. The summed E-state index contributed by atoms with van der Waals surface area (Å²) in [6.07, 6.45) is 3.21. The van der Waals surface area contributed by atoms with Crippen LogP contribution < -0.4 is 5.56 Å². The summed E-state index contributed by atoms with van der Waals surface area (Å²) in [5, 5.41) is 5.51. The second kappa shape index (κ2) is 7.16. The van der Waals surface area contributed by atoms with Gasteiger partial charge in [0.1, 0.15) is 12.1 Å². The van der Waals surface area contributed by atoms with Crippen molar-refractivity contribution >= 4 is 27.8 Å². The first-order chi connectivity index (χ1) is 14.2. The van der Waals surface area contributed by atoms with Gasteiger partial charge < -0.3 is 9.32 Å². The number of hydrogen-bond acceptors (Lipinski definition) is 5. The minimum absolute atomic E-state index is 0.0444. The number of aromatic nitrogens is 3. The fourth-order valence-corrected chi connectivity index (χ4v) is 3.91. The Morgan fingerprint density at radius 3 is 2.66 bits per heavy atom. The monoisotopic (exact) mass is 388 g/mol. The molecule has 0 bridgehead atoms. The van der Waals surface area contributed by atoms with Gasteiger partial charge in [0.15, 0.2) is 11.5 Å². The van der Waals surface area contributed by atoms with Crippen molar-refractivity contribution in [2.24, 2.45) is 0 Å². The fraction of sp³-hybridized carbons (Fsp3) is 0.273. The maximum atomic E-state index is 12.7. The van der Waals surface area contributed by atoms with Crippen molar-refractivity contribution in [1.29, 1.82) is 0 Å². The highest BCUT2D eigenvalue weighted by Crippen LogP contribution is 2.29. The zero-order chi connectivity index (χ0) is 19.8. The lowest BCUT2D eigenvalue weighted by Gasteiger charge is -2.30. The van der Waals surface area contributed by atoms with Gasteiger partial charge in [-0.15, -0.1) is 0 Å². The number of rotatable bonds is 3. The van der Waals surface area contributed by atoms with E-state index < -0.39 is 0 Å². The molecule has 0 atom stereocenters. The zero-order valence-corrected chi connectivity index (χ0v) is 15.8. The summed E-state index contributed by atoms with van der Waals surface area (Å²) in [5.74, 6) is 0.851. The lowest BCUT2D eigenvalue weighted by molar-refractivity contribution is -0.133. The lowest BCUT2D eigenvalue weighted by atomic mass is 9.97. The molecule has 1 aliphatic heterocycles. The van der Waals surface area contributed by atoms with Crippen LogP contribution in [0.5, 0.6) is 0 Å². The smallest absolute Gasteiger partial charge is 0.275 e. The molecule has 1 aliphatic rings. The minimum atomic E-state index is -0.238. The Kier molecular flexibility index (Phi) is 4.35. The van der Waals surface area contributed by atoms with Gasteiger partial charge in [-0.2, -0.15) is 5.10 Å². The van der Waals surface area contributed by atoms with Crippen LogP contribution in [0.3, 0.4) is 0 Å². The highest BCUT2D eigenvalue weighted by molar-refractivity contribution is 5.81. The third-order valence-electron chi connectivity index (χ3n) is 5.55. The van der Waals surface area contributed by atoms with E-state index in [4.69, 9.17) is 4.42 Å². The first-order valence-corrected chi connectivity index (χ1v) is 9.77. The Labute approximate surface area is 166 Å². The first-order valence-electron chi connectivity index (χ1n) is 9.77. The Balaban J connectivity index is 1.27. The molecule has 0 unspecified atom stereocenters. The Hall–Kier alpha value is -3.48. The summed E-state index contributed by atoms with van der Waals surface area (Å²) < 4.78 is 7.13. The van der Waals surface area contributed by atoms with Gasteiger partial charge in [-0.3, -0.25) is 9.59 Å². The van der Waals surface area contributed by atoms with E-state index in [1.807, 2.05) is 42.5 Å². The van der Waals surface area contributed by atoms with Gasteiger partial charge in [0.25, 0.3) is 5.56 Å². The maximum absolute atomic E-state index is 12.7. The van der Waals surface area contributed by atoms with Gasteiger partial charge in [0.05, 0.1) is 11.6 Å². The van der Waals surface area contributed by atoms with E-state index in [0.29, 0.717) is 18.5 Å². The average Bonchev–Trinajstić information content (AvgIpc) is 3.20. The third kappa shape index (κ3) is 3.29. The molecular formula is C22H20N4O3. The molecule has 0 N–H and O–H groups in total. The predicted octanol–water partition coefficient (Wildman–Crippen LogP) is 2.94. The highest BCUT2D eigenvalue weighted by atomic mass is 16.3. The Morgan fingerprint density at radius 1 is 1.07 bits per heavy atom. The number of nitrogens with zero attached hydrogens (tertiary/aromatic N) is 4. The van der Waals surface area contributed by atoms with E-state index in [1.54, 1.807) is 17.2 Å². The number of oxazole rings is 1. The van der Waals surface area contributed by atoms with E-state index >= 15 is 0 Å². The Bertz CT molecular complexity index is 1220. The molecule has 5 rings (SSSR count).